The fourth-order valence-corrected chi connectivity index (χ4v) is 4.12. The van der Waals surface area contributed by atoms with E-state index in [4.69, 9.17) is 5.41 Å². The molecule has 1 aromatic carbocycles. The number of benzene rings is 1. The van der Waals surface area contributed by atoms with Crippen molar-refractivity contribution >= 4 is 34.7 Å². The number of carbonyl (C=O) groups excluding carboxylic acids is 1. The van der Waals surface area contributed by atoms with Crippen LogP contribution in [0.25, 0.3) is 0 Å². The first-order valence-electron chi connectivity index (χ1n) is 6.90. The van der Waals surface area contributed by atoms with Gasteiger partial charge >= 0.3 is 0 Å². The van der Waals surface area contributed by atoms with Crippen LogP contribution in [0.3, 0.4) is 0 Å². The molecule has 1 amide bonds. The molecule has 0 radical (unpaired) electrons. The molecule has 1 aliphatic rings. The lowest BCUT2D eigenvalue weighted by Crippen LogP contribution is -2.36. The maximum absolute atomic E-state index is 12.7. The normalized spacial score (nSPS) is 18.1. The van der Waals surface area contributed by atoms with E-state index in [1.165, 1.54) is 11.3 Å². The van der Waals surface area contributed by atoms with Crippen LogP contribution in [-0.4, -0.2) is 22.3 Å². The molecule has 0 saturated heterocycles. The Morgan fingerprint density at radius 3 is 3.00 bits per heavy atom. The van der Waals surface area contributed by atoms with Crippen LogP contribution in [0.1, 0.15) is 13.3 Å². The minimum atomic E-state index is 0.0500. The maximum atomic E-state index is 12.7. The molecule has 3 rings (SSSR count). The van der Waals surface area contributed by atoms with Crippen LogP contribution in [0.15, 0.2) is 40.7 Å². The summed E-state index contributed by atoms with van der Waals surface area (Å²) in [5.74, 6) is 0.0500. The largest absolute Gasteiger partial charge is 0.315 e. The molecular weight excluding hydrogens is 302 g/mol. The summed E-state index contributed by atoms with van der Waals surface area (Å²) in [7, 11) is 0. The van der Waals surface area contributed by atoms with Gasteiger partial charge in [0, 0.05) is 28.3 Å². The van der Waals surface area contributed by atoms with Gasteiger partial charge in [-0.2, -0.15) is 0 Å². The first-order chi connectivity index (χ1) is 10.1. The molecular formula is C15H17N3OS2. The number of anilines is 1. The smallest absolute Gasteiger partial charge is 0.247 e. The van der Waals surface area contributed by atoms with Gasteiger partial charge < -0.3 is 9.47 Å². The molecule has 21 heavy (non-hydrogen) atoms. The van der Waals surface area contributed by atoms with Crippen LogP contribution in [0.5, 0.6) is 0 Å². The molecule has 110 valence electrons. The van der Waals surface area contributed by atoms with Gasteiger partial charge in [0.1, 0.15) is 6.54 Å². The Kier molecular flexibility index (Phi) is 4.17. The van der Waals surface area contributed by atoms with Crippen molar-refractivity contribution in [2.75, 3.05) is 11.4 Å². The lowest BCUT2D eigenvalue weighted by Gasteiger charge is -2.22. The molecule has 0 bridgehead atoms. The van der Waals surface area contributed by atoms with Crippen LogP contribution in [0, 0.1) is 5.41 Å². The molecule has 0 unspecified atom stereocenters. The average molecular weight is 319 g/mol. The number of rotatable bonds is 2. The molecule has 2 aromatic rings. The summed E-state index contributed by atoms with van der Waals surface area (Å²) in [4.78, 5) is 16.1. The molecule has 0 fully saturated rings. The Morgan fingerprint density at radius 2 is 2.24 bits per heavy atom. The summed E-state index contributed by atoms with van der Waals surface area (Å²) in [6.07, 6.45) is 2.78. The van der Waals surface area contributed by atoms with Crippen molar-refractivity contribution < 1.29 is 4.79 Å². The zero-order chi connectivity index (χ0) is 14.8. The summed E-state index contributed by atoms with van der Waals surface area (Å²) in [6, 6.07) is 8.08. The van der Waals surface area contributed by atoms with Crippen LogP contribution in [0.4, 0.5) is 5.69 Å². The number of fused-ring (bicyclic) bond motifs is 1. The average Bonchev–Trinajstić information content (AvgIpc) is 2.78. The second-order valence-electron chi connectivity index (χ2n) is 5.07. The highest BCUT2D eigenvalue weighted by Crippen LogP contribution is 2.37. The minimum absolute atomic E-state index is 0.0500. The van der Waals surface area contributed by atoms with Gasteiger partial charge in [0.15, 0.2) is 4.80 Å². The molecule has 0 spiro atoms. The van der Waals surface area contributed by atoms with Crippen molar-refractivity contribution in [3.8, 4) is 0 Å². The van der Waals surface area contributed by atoms with Crippen LogP contribution in [-0.2, 0) is 11.3 Å². The Balaban J connectivity index is 1.89. The van der Waals surface area contributed by atoms with Gasteiger partial charge in [-0.3, -0.25) is 10.2 Å². The van der Waals surface area contributed by atoms with E-state index in [9.17, 15) is 4.79 Å². The van der Waals surface area contributed by atoms with Gasteiger partial charge in [-0.05, 0) is 18.6 Å². The summed E-state index contributed by atoms with van der Waals surface area (Å²) in [5, 5.41) is 10.1. The van der Waals surface area contributed by atoms with E-state index in [2.05, 4.69) is 13.0 Å². The molecule has 1 aliphatic heterocycles. The van der Waals surface area contributed by atoms with Crippen LogP contribution in [0.2, 0.25) is 0 Å². The fraction of sp³-hybridized carbons (Fsp3) is 0.333. The number of aromatic nitrogens is 1. The quantitative estimate of drug-likeness (QED) is 0.925. The monoisotopic (exact) mass is 319 g/mol. The third-order valence-corrected chi connectivity index (χ3v) is 5.48. The van der Waals surface area contributed by atoms with E-state index in [-0.39, 0.29) is 12.5 Å². The second-order valence-corrected chi connectivity index (χ2v) is 7.44. The molecule has 1 N–H and O–H groups in total. The third kappa shape index (κ3) is 3.06. The number of thioether (sulfide) groups is 1. The van der Waals surface area contributed by atoms with Crippen molar-refractivity contribution in [1.82, 2.24) is 4.57 Å². The van der Waals surface area contributed by atoms with Gasteiger partial charge in [0.2, 0.25) is 5.91 Å². The number of hydrogen-bond acceptors (Lipinski definition) is 4. The Hall–Kier alpha value is -1.53. The predicted molar refractivity (Wildman–Crippen MR) is 86.9 cm³/mol. The number of amides is 1. The standard InChI is InChI=1S/C15H17N3OS2/c1-11-6-7-18(12-4-2-3-5-13(12)21-11)14(19)10-17-8-9-20-15(17)16/h2-5,8-9,11,16H,6-7,10H2,1H3/t11-/m0/s1. The predicted octanol–water partition coefficient (Wildman–Crippen LogP) is 2.95. The van der Waals surface area contributed by atoms with Gasteiger partial charge in [-0.25, -0.2) is 0 Å². The summed E-state index contributed by atoms with van der Waals surface area (Å²) in [5.41, 5.74) is 0.999. The third-order valence-electron chi connectivity index (χ3n) is 3.53. The van der Waals surface area contributed by atoms with Crippen LogP contribution < -0.4 is 9.70 Å². The zero-order valence-electron chi connectivity index (χ0n) is 11.8. The first kappa shape index (κ1) is 14.4. The number of para-hydroxylation sites is 1. The van der Waals surface area contributed by atoms with Crippen molar-refractivity contribution in [3.05, 3.63) is 40.6 Å². The Morgan fingerprint density at radius 1 is 1.43 bits per heavy atom. The number of hydrogen-bond donors (Lipinski definition) is 1. The van der Waals surface area contributed by atoms with Gasteiger partial charge in [0.05, 0.1) is 5.69 Å². The van der Waals surface area contributed by atoms with E-state index in [0.717, 1.165) is 23.5 Å². The second kappa shape index (κ2) is 6.07. The zero-order valence-corrected chi connectivity index (χ0v) is 13.4. The summed E-state index contributed by atoms with van der Waals surface area (Å²) < 4.78 is 1.69. The van der Waals surface area contributed by atoms with E-state index >= 15 is 0 Å². The number of nitrogens with one attached hydrogen (secondary N) is 1. The molecule has 2 heterocycles. The molecule has 1 atom stereocenters. The molecule has 0 aliphatic carbocycles. The SMILES string of the molecule is C[C@H]1CCN(C(=O)Cn2ccsc2=N)c2ccccc2S1. The summed E-state index contributed by atoms with van der Waals surface area (Å²) in [6.45, 7) is 3.17. The maximum Gasteiger partial charge on any atom is 0.247 e. The lowest BCUT2D eigenvalue weighted by atomic mass is 10.2. The van der Waals surface area contributed by atoms with Crippen LogP contribution >= 0.6 is 23.1 Å². The Labute approximate surface area is 131 Å². The minimum Gasteiger partial charge on any atom is -0.315 e. The van der Waals surface area contributed by atoms with Gasteiger partial charge in [-0.15, -0.1) is 23.1 Å². The van der Waals surface area contributed by atoms with Crippen molar-refractivity contribution in [3.63, 3.8) is 0 Å². The lowest BCUT2D eigenvalue weighted by molar-refractivity contribution is -0.119. The highest BCUT2D eigenvalue weighted by atomic mass is 32.2. The van der Waals surface area contributed by atoms with E-state index in [1.807, 2.05) is 40.2 Å². The number of thiazole rings is 1. The van der Waals surface area contributed by atoms with E-state index in [0.29, 0.717) is 10.1 Å². The molecule has 6 heteroatoms. The molecule has 4 nitrogen and oxygen atoms in total. The van der Waals surface area contributed by atoms with Crippen molar-refractivity contribution in [1.29, 1.82) is 5.41 Å². The highest BCUT2D eigenvalue weighted by Gasteiger charge is 2.24. The summed E-state index contributed by atoms with van der Waals surface area (Å²) >= 11 is 3.17. The highest BCUT2D eigenvalue weighted by molar-refractivity contribution is 8.00. The number of carbonyl (C=O) groups is 1. The fourth-order valence-electron chi connectivity index (χ4n) is 2.41. The van der Waals surface area contributed by atoms with E-state index < -0.39 is 0 Å². The molecule has 0 saturated carbocycles. The molecule has 1 aromatic heterocycles. The first-order valence-corrected chi connectivity index (χ1v) is 8.65. The van der Waals surface area contributed by atoms with E-state index in [1.54, 1.807) is 10.8 Å². The van der Waals surface area contributed by atoms with Gasteiger partial charge in [-0.1, -0.05) is 19.1 Å². The number of nitrogens with zero attached hydrogens (tertiary/aromatic N) is 2. The topological polar surface area (TPSA) is 49.1 Å². The van der Waals surface area contributed by atoms with Crippen molar-refractivity contribution in [2.24, 2.45) is 0 Å². The van der Waals surface area contributed by atoms with Gasteiger partial charge in [0.25, 0.3) is 0 Å². The van der Waals surface area contributed by atoms with Crippen molar-refractivity contribution in [2.45, 2.75) is 30.0 Å². The Bertz CT molecular complexity index is 707.